The highest BCUT2D eigenvalue weighted by Crippen LogP contribution is 2.22. The van der Waals surface area contributed by atoms with Crippen molar-refractivity contribution >= 4 is 22.8 Å². The minimum absolute atomic E-state index is 0.0156. The maximum atomic E-state index is 12.5. The molecule has 0 bridgehead atoms. The lowest BCUT2D eigenvalue weighted by Crippen LogP contribution is -2.40. The van der Waals surface area contributed by atoms with Gasteiger partial charge in [0.05, 0.1) is 17.1 Å². The first kappa shape index (κ1) is 19.4. The second-order valence-corrected chi connectivity index (χ2v) is 7.35. The Morgan fingerprint density at radius 2 is 2.19 bits per heavy atom. The third kappa shape index (κ3) is 4.86. The average Bonchev–Trinajstić information content (AvgIpc) is 3.18. The number of hydrogen-bond acceptors (Lipinski definition) is 4. The molecule has 0 radical (unpaired) electrons. The van der Waals surface area contributed by atoms with Gasteiger partial charge in [0.15, 0.2) is 0 Å². The van der Waals surface area contributed by atoms with Crippen LogP contribution in [0.3, 0.4) is 0 Å². The van der Waals surface area contributed by atoms with Gasteiger partial charge in [-0.1, -0.05) is 19.4 Å². The van der Waals surface area contributed by atoms with Crippen LogP contribution < -0.4 is 5.32 Å². The summed E-state index contributed by atoms with van der Waals surface area (Å²) in [6.07, 6.45) is 2.03. The number of aromatic nitrogens is 2. The molecule has 1 aromatic carbocycles. The summed E-state index contributed by atoms with van der Waals surface area (Å²) < 4.78 is 5.59. The fourth-order valence-corrected chi connectivity index (χ4v) is 3.73. The summed E-state index contributed by atoms with van der Waals surface area (Å²) in [7, 11) is 0. The number of rotatable bonds is 7. The molecule has 2 N–H and O–H groups in total. The van der Waals surface area contributed by atoms with Crippen LogP contribution in [-0.2, 0) is 20.9 Å². The number of amides is 2. The molecule has 3 rings (SSSR count). The Kier molecular flexibility index (Phi) is 6.11. The van der Waals surface area contributed by atoms with Gasteiger partial charge in [0.25, 0.3) is 0 Å². The minimum atomic E-state index is -0.0493. The fraction of sp³-hybridized carbons (Fsp3) is 0.550. The lowest BCUT2D eigenvalue weighted by Gasteiger charge is -2.17. The first-order valence-corrected chi connectivity index (χ1v) is 9.54. The number of aryl methyl sites for hydroxylation is 1. The molecule has 2 amide bonds. The van der Waals surface area contributed by atoms with Gasteiger partial charge in [0.2, 0.25) is 11.8 Å². The molecule has 7 nitrogen and oxygen atoms in total. The van der Waals surface area contributed by atoms with Gasteiger partial charge < -0.3 is 19.9 Å². The van der Waals surface area contributed by atoms with E-state index in [0.29, 0.717) is 24.8 Å². The Morgan fingerprint density at radius 1 is 1.37 bits per heavy atom. The highest BCUT2D eigenvalue weighted by Gasteiger charge is 2.34. The molecule has 27 heavy (non-hydrogen) atoms. The largest absolute Gasteiger partial charge is 0.364 e. The van der Waals surface area contributed by atoms with Gasteiger partial charge in [-0.05, 0) is 37.0 Å². The molecule has 2 heterocycles. The van der Waals surface area contributed by atoms with E-state index in [1.54, 1.807) is 4.90 Å². The molecular formula is C20H28N4O3. The van der Waals surface area contributed by atoms with Crippen molar-refractivity contribution in [3.05, 3.63) is 29.6 Å². The predicted octanol–water partition coefficient (Wildman–Crippen LogP) is 2.15. The zero-order valence-corrected chi connectivity index (χ0v) is 16.2. The highest BCUT2D eigenvalue weighted by atomic mass is 16.5. The molecule has 2 atom stereocenters. The second kappa shape index (κ2) is 8.52. The summed E-state index contributed by atoms with van der Waals surface area (Å²) in [6, 6.07) is 6.06. The zero-order chi connectivity index (χ0) is 19.4. The molecule has 2 aromatic rings. The minimum Gasteiger partial charge on any atom is -0.364 e. The summed E-state index contributed by atoms with van der Waals surface area (Å²) in [4.78, 5) is 33.4. The topological polar surface area (TPSA) is 87.3 Å². The number of ether oxygens (including phenoxy) is 1. The first-order valence-electron chi connectivity index (χ1n) is 9.54. The molecule has 1 aromatic heterocycles. The zero-order valence-electron chi connectivity index (χ0n) is 16.2. The number of carbonyl (C=O) groups excluding carboxylic acids is 2. The third-order valence-electron chi connectivity index (χ3n) is 4.99. The molecule has 0 spiro atoms. The fourth-order valence-electron chi connectivity index (χ4n) is 3.73. The van der Waals surface area contributed by atoms with E-state index in [0.717, 1.165) is 29.4 Å². The Morgan fingerprint density at radius 3 is 2.93 bits per heavy atom. The summed E-state index contributed by atoms with van der Waals surface area (Å²) >= 11 is 0. The van der Waals surface area contributed by atoms with Crippen LogP contribution in [0.1, 0.15) is 38.1 Å². The second-order valence-electron chi connectivity index (χ2n) is 7.35. The van der Waals surface area contributed by atoms with Crippen LogP contribution in [0.2, 0.25) is 0 Å². The van der Waals surface area contributed by atoms with E-state index in [-0.39, 0.29) is 31.1 Å². The number of nitrogens with one attached hydrogen (secondary N) is 2. The van der Waals surface area contributed by atoms with E-state index in [1.807, 2.05) is 25.1 Å². The first-order chi connectivity index (χ1) is 13.0. The van der Waals surface area contributed by atoms with Crippen LogP contribution in [-0.4, -0.2) is 52.4 Å². The monoisotopic (exact) mass is 372 g/mol. The van der Waals surface area contributed by atoms with Crippen molar-refractivity contribution in [1.82, 2.24) is 20.2 Å². The van der Waals surface area contributed by atoms with E-state index in [2.05, 4.69) is 22.2 Å². The molecule has 1 aliphatic rings. The average molecular weight is 372 g/mol. The summed E-state index contributed by atoms with van der Waals surface area (Å²) in [5, 5.41) is 2.97. The van der Waals surface area contributed by atoms with Crippen molar-refractivity contribution in [2.24, 2.45) is 5.92 Å². The van der Waals surface area contributed by atoms with Crippen molar-refractivity contribution in [2.45, 2.75) is 46.3 Å². The molecular weight excluding hydrogens is 344 g/mol. The normalized spacial score (nSPS) is 19.6. The maximum Gasteiger partial charge on any atom is 0.248 e. The summed E-state index contributed by atoms with van der Waals surface area (Å²) in [6.45, 7) is 7.17. The van der Waals surface area contributed by atoms with Crippen molar-refractivity contribution in [3.63, 3.8) is 0 Å². The highest BCUT2D eigenvalue weighted by molar-refractivity contribution is 5.78. The van der Waals surface area contributed by atoms with Gasteiger partial charge in [-0.2, -0.15) is 0 Å². The van der Waals surface area contributed by atoms with E-state index in [9.17, 15) is 9.59 Å². The van der Waals surface area contributed by atoms with Crippen LogP contribution >= 0.6 is 0 Å². The Hall–Kier alpha value is -2.41. The number of nitrogens with zero attached hydrogens (tertiary/aromatic N) is 2. The molecule has 0 aliphatic carbocycles. The standard InChI is InChI=1S/C20H28N4O3/c1-4-5-15-9-24(10-18(15)21-14(3)25)20(26)12-27-11-19-22-16-7-6-13(2)8-17(16)23-19/h6-8,15,18H,4-5,9-12H2,1-3H3,(H,21,25)(H,22,23)/t15-,18-/m1/s1. The predicted molar refractivity (Wildman–Crippen MR) is 103 cm³/mol. The van der Waals surface area contributed by atoms with E-state index >= 15 is 0 Å². The van der Waals surface area contributed by atoms with Gasteiger partial charge >= 0.3 is 0 Å². The molecule has 0 unspecified atom stereocenters. The lowest BCUT2D eigenvalue weighted by atomic mass is 9.98. The van der Waals surface area contributed by atoms with Gasteiger partial charge in [0, 0.05) is 20.0 Å². The number of likely N-dealkylation sites (tertiary alicyclic amines) is 1. The van der Waals surface area contributed by atoms with Crippen LogP contribution in [0.15, 0.2) is 18.2 Å². The SMILES string of the molecule is CCC[C@@H]1CN(C(=O)COCc2nc3ccc(C)cc3[nH]2)C[C@H]1NC(C)=O. The van der Waals surface area contributed by atoms with Crippen LogP contribution in [0.25, 0.3) is 11.0 Å². The quantitative estimate of drug-likeness (QED) is 0.780. The maximum absolute atomic E-state index is 12.5. The summed E-state index contributed by atoms with van der Waals surface area (Å²) in [5.41, 5.74) is 3.03. The Bertz CT molecular complexity index is 817. The smallest absolute Gasteiger partial charge is 0.248 e. The van der Waals surface area contributed by atoms with Crippen molar-refractivity contribution in [2.75, 3.05) is 19.7 Å². The van der Waals surface area contributed by atoms with Crippen LogP contribution in [0.4, 0.5) is 0 Å². The molecule has 1 aliphatic heterocycles. The summed E-state index contributed by atoms with van der Waals surface area (Å²) in [5.74, 6) is 0.925. The molecule has 7 heteroatoms. The number of benzene rings is 1. The number of fused-ring (bicyclic) bond motifs is 1. The van der Waals surface area contributed by atoms with E-state index in [1.165, 1.54) is 6.92 Å². The number of imidazole rings is 1. The molecule has 1 saturated heterocycles. The molecule has 146 valence electrons. The van der Waals surface area contributed by atoms with Crippen LogP contribution in [0.5, 0.6) is 0 Å². The number of H-pyrrole nitrogens is 1. The van der Waals surface area contributed by atoms with Crippen molar-refractivity contribution in [3.8, 4) is 0 Å². The van der Waals surface area contributed by atoms with E-state index in [4.69, 9.17) is 4.74 Å². The molecule has 1 fully saturated rings. The Balaban J connectivity index is 1.51. The lowest BCUT2D eigenvalue weighted by molar-refractivity contribution is -0.136. The third-order valence-corrected chi connectivity index (χ3v) is 4.99. The number of carbonyl (C=O) groups is 2. The van der Waals surface area contributed by atoms with Crippen molar-refractivity contribution < 1.29 is 14.3 Å². The Labute approximate surface area is 159 Å². The van der Waals surface area contributed by atoms with Gasteiger partial charge in [-0.15, -0.1) is 0 Å². The van der Waals surface area contributed by atoms with Gasteiger partial charge in [-0.3, -0.25) is 9.59 Å². The van der Waals surface area contributed by atoms with E-state index < -0.39 is 0 Å². The number of aromatic amines is 1. The number of hydrogen-bond donors (Lipinski definition) is 2. The van der Waals surface area contributed by atoms with Gasteiger partial charge in [0.1, 0.15) is 19.0 Å². The van der Waals surface area contributed by atoms with Crippen LogP contribution in [0, 0.1) is 12.8 Å². The van der Waals surface area contributed by atoms with Crippen molar-refractivity contribution in [1.29, 1.82) is 0 Å². The molecule has 0 saturated carbocycles. The van der Waals surface area contributed by atoms with Gasteiger partial charge in [-0.25, -0.2) is 4.98 Å².